The monoisotopic (exact) mass is 403 g/mol. The predicted molar refractivity (Wildman–Crippen MR) is 107 cm³/mol. The van der Waals surface area contributed by atoms with Gasteiger partial charge in [-0.25, -0.2) is 4.98 Å². The summed E-state index contributed by atoms with van der Waals surface area (Å²) in [5.74, 6) is 1.60. The van der Waals surface area contributed by atoms with Crippen molar-refractivity contribution in [2.45, 2.75) is 13.0 Å². The second-order valence-corrected chi connectivity index (χ2v) is 7.93. The van der Waals surface area contributed by atoms with E-state index in [4.69, 9.17) is 4.74 Å². The van der Waals surface area contributed by atoms with E-state index < -0.39 is 0 Å². The van der Waals surface area contributed by atoms with Crippen molar-refractivity contribution in [2.75, 3.05) is 46.4 Å². The average molecular weight is 404 g/mol. The topological polar surface area (TPSA) is 86.4 Å². The lowest BCUT2D eigenvalue weighted by molar-refractivity contribution is 0.0945. The molecule has 28 heavy (non-hydrogen) atoms. The summed E-state index contributed by atoms with van der Waals surface area (Å²) in [6.45, 7) is 6.16. The minimum absolute atomic E-state index is 0.0870. The Hall–Kier alpha value is -2.20. The minimum atomic E-state index is -0.0870. The minimum Gasteiger partial charge on any atom is -0.497 e. The van der Waals surface area contributed by atoms with Crippen molar-refractivity contribution in [3.8, 4) is 11.6 Å². The van der Waals surface area contributed by atoms with E-state index in [1.165, 1.54) is 15.9 Å². The SMILES string of the molecule is COc1ccc([C@@H](c2sc3nc(C)nn3c2O)N2CCN(CCO)CC2)cc1. The number of thiazole rings is 1. The van der Waals surface area contributed by atoms with Crippen LogP contribution < -0.4 is 4.74 Å². The normalized spacial score (nSPS) is 17.2. The fourth-order valence-corrected chi connectivity index (χ4v) is 4.89. The molecule has 0 radical (unpaired) electrons. The molecule has 1 aliphatic rings. The molecule has 0 bridgehead atoms. The van der Waals surface area contributed by atoms with Gasteiger partial charge in [0.15, 0.2) is 0 Å². The van der Waals surface area contributed by atoms with Gasteiger partial charge in [-0.2, -0.15) is 4.52 Å². The lowest BCUT2D eigenvalue weighted by Gasteiger charge is -2.39. The van der Waals surface area contributed by atoms with Crippen LogP contribution in [0, 0.1) is 6.92 Å². The number of aromatic hydroxyl groups is 1. The lowest BCUT2D eigenvalue weighted by atomic mass is 10.0. The summed E-state index contributed by atoms with van der Waals surface area (Å²) < 4.78 is 6.82. The van der Waals surface area contributed by atoms with Gasteiger partial charge in [0.25, 0.3) is 0 Å². The highest BCUT2D eigenvalue weighted by Crippen LogP contribution is 2.40. The fourth-order valence-electron chi connectivity index (χ4n) is 3.73. The number of aliphatic hydroxyl groups is 1. The molecule has 0 spiro atoms. The molecular formula is C19H25N5O3S. The number of β-amino-alcohol motifs (C(OH)–C–C–N with tert-alkyl or cyclic N) is 1. The molecule has 3 aromatic rings. The number of ether oxygens (including phenoxy) is 1. The van der Waals surface area contributed by atoms with E-state index in [1.807, 2.05) is 31.2 Å². The van der Waals surface area contributed by atoms with E-state index in [-0.39, 0.29) is 18.5 Å². The molecule has 2 N–H and O–H groups in total. The van der Waals surface area contributed by atoms with Crippen LogP contribution in [-0.2, 0) is 0 Å². The van der Waals surface area contributed by atoms with Crippen molar-refractivity contribution < 1.29 is 14.9 Å². The average Bonchev–Trinajstić information content (AvgIpc) is 3.22. The number of methoxy groups -OCH3 is 1. The Labute approximate surface area is 167 Å². The van der Waals surface area contributed by atoms with Crippen LogP contribution in [0.25, 0.3) is 4.96 Å². The van der Waals surface area contributed by atoms with Crippen molar-refractivity contribution in [1.82, 2.24) is 24.4 Å². The Bertz CT molecular complexity index is 931. The molecular weight excluding hydrogens is 378 g/mol. The van der Waals surface area contributed by atoms with Gasteiger partial charge in [0, 0.05) is 32.7 Å². The molecule has 1 aromatic carbocycles. The van der Waals surface area contributed by atoms with Gasteiger partial charge in [0.1, 0.15) is 11.6 Å². The number of aryl methyl sites for hydroxylation is 1. The third kappa shape index (κ3) is 3.58. The molecule has 150 valence electrons. The van der Waals surface area contributed by atoms with E-state index in [0.29, 0.717) is 17.3 Å². The molecule has 0 saturated carbocycles. The standard InChI is InChI=1S/C19H25N5O3S/c1-13-20-19-24(21-13)18(26)17(28-19)16(14-3-5-15(27-2)6-4-14)23-9-7-22(8-10-23)11-12-25/h3-6,16,25-26H,7-12H2,1-2H3/t16-/m0/s1. The number of benzene rings is 1. The first-order valence-corrected chi connectivity index (χ1v) is 10.2. The number of hydrogen-bond donors (Lipinski definition) is 2. The summed E-state index contributed by atoms with van der Waals surface area (Å²) in [5, 5.41) is 24.4. The lowest BCUT2D eigenvalue weighted by Crippen LogP contribution is -2.48. The number of nitrogens with zero attached hydrogens (tertiary/aromatic N) is 5. The van der Waals surface area contributed by atoms with Crippen LogP contribution in [0.1, 0.15) is 22.3 Å². The van der Waals surface area contributed by atoms with E-state index in [2.05, 4.69) is 19.9 Å². The number of rotatable bonds is 6. The first-order valence-electron chi connectivity index (χ1n) is 9.37. The Kier molecular flexibility index (Phi) is 5.49. The molecule has 0 aliphatic carbocycles. The Morgan fingerprint density at radius 2 is 1.89 bits per heavy atom. The number of aliphatic hydroxyl groups excluding tert-OH is 1. The van der Waals surface area contributed by atoms with Crippen LogP contribution >= 0.6 is 11.3 Å². The highest BCUT2D eigenvalue weighted by atomic mass is 32.1. The zero-order valence-corrected chi connectivity index (χ0v) is 16.9. The first kappa shape index (κ1) is 19.1. The number of hydrogen-bond acceptors (Lipinski definition) is 8. The maximum Gasteiger partial charge on any atom is 0.230 e. The molecule has 1 saturated heterocycles. The molecule has 9 heteroatoms. The summed E-state index contributed by atoms with van der Waals surface area (Å²) in [6, 6.07) is 7.90. The summed E-state index contributed by atoms with van der Waals surface area (Å²) in [4.78, 5) is 10.6. The highest BCUT2D eigenvalue weighted by molar-refractivity contribution is 7.17. The quantitative estimate of drug-likeness (QED) is 0.645. The first-order chi connectivity index (χ1) is 13.6. The Balaban J connectivity index is 1.70. The third-order valence-corrected chi connectivity index (χ3v) is 6.25. The molecule has 1 aliphatic heterocycles. The Morgan fingerprint density at radius 1 is 1.18 bits per heavy atom. The summed E-state index contributed by atoms with van der Waals surface area (Å²) in [5.41, 5.74) is 1.09. The maximum absolute atomic E-state index is 10.9. The highest BCUT2D eigenvalue weighted by Gasteiger charge is 2.31. The maximum atomic E-state index is 10.9. The molecule has 1 fully saturated rings. The van der Waals surface area contributed by atoms with Gasteiger partial charge >= 0.3 is 0 Å². The number of fused-ring (bicyclic) bond motifs is 1. The van der Waals surface area contributed by atoms with Crippen LogP contribution in [-0.4, -0.2) is 81.1 Å². The third-order valence-electron chi connectivity index (χ3n) is 5.17. The van der Waals surface area contributed by atoms with E-state index in [9.17, 15) is 10.2 Å². The molecule has 8 nitrogen and oxygen atoms in total. The van der Waals surface area contributed by atoms with E-state index in [1.54, 1.807) is 7.11 Å². The predicted octanol–water partition coefficient (Wildman–Crippen LogP) is 1.51. The largest absolute Gasteiger partial charge is 0.497 e. The van der Waals surface area contributed by atoms with Gasteiger partial charge in [-0.05, 0) is 24.6 Å². The zero-order valence-electron chi connectivity index (χ0n) is 16.1. The van der Waals surface area contributed by atoms with Crippen molar-refractivity contribution in [1.29, 1.82) is 0 Å². The molecule has 2 aromatic heterocycles. The van der Waals surface area contributed by atoms with Crippen LogP contribution in [0.3, 0.4) is 0 Å². The number of aromatic nitrogens is 3. The smallest absolute Gasteiger partial charge is 0.230 e. The summed E-state index contributed by atoms with van der Waals surface area (Å²) in [6.07, 6.45) is 0. The van der Waals surface area contributed by atoms with Gasteiger partial charge < -0.3 is 14.9 Å². The van der Waals surface area contributed by atoms with Crippen LogP contribution in [0.2, 0.25) is 0 Å². The Morgan fingerprint density at radius 3 is 2.50 bits per heavy atom. The summed E-state index contributed by atoms with van der Waals surface area (Å²) >= 11 is 1.48. The zero-order chi connectivity index (χ0) is 19.7. The second-order valence-electron chi connectivity index (χ2n) is 6.92. The molecule has 3 heterocycles. The van der Waals surface area contributed by atoms with Crippen LogP contribution in [0.15, 0.2) is 24.3 Å². The van der Waals surface area contributed by atoms with Gasteiger partial charge in [-0.15, -0.1) is 5.10 Å². The molecule has 1 atom stereocenters. The van der Waals surface area contributed by atoms with Crippen molar-refractivity contribution >= 4 is 16.3 Å². The van der Waals surface area contributed by atoms with Gasteiger partial charge in [0.2, 0.25) is 10.8 Å². The van der Waals surface area contributed by atoms with E-state index in [0.717, 1.165) is 42.4 Å². The number of piperazine rings is 1. The van der Waals surface area contributed by atoms with E-state index >= 15 is 0 Å². The molecule has 4 rings (SSSR count). The van der Waals surface area contributed by atoms with Gasteiger partial charge in [-0.3, -0.25) is 9.80 Å². The van der Waals surface area contributed by atoms with Crippen molar-refractivity contribution in [2.24, 2.45) is 0 Å². The fraction of sp³-hybridized carbons (Fsp3) is 0.474. The molecule has 0 amide bonds. The van der Waals surface area contributed by atoms with Crippen molar-refractivity contribution in [3.05, 3.63) is 40.5 Å². The van der Waals surface area contributed by atoms with Crippen LogP contribution in [0.5, 0.6) is 11.6 Å². The van der Waals surface area contributed by atoms with Gasteiger partial charge in [0.05, 0.1) is 24.6 Å². The summed E-state index contributed by atoms with van der Waals surface area (Å²) in [7, 11) is 1.65. The van der Waals surface area contributed by atoms with Gasteiger partial charge in [-0.1, -0.05) is 23.5 Å². The second kappa shape index (κ2) is 8.04. The molecule has 0 unspecified atom stereocenters. The van der Waals surface area contributed by atoms with Crippen LogP contribution in [0.4, 0.5) is 0 Å². The van der Waals surface area contributed by atoms with Crippen molar-refractivity contribution in [3.63, 3.8) is 0 Å².